The van der Waals surface area contributed by atoms with Crippen LogP contribution >= 0.6 is 0 Å². The van der Waals surface area contributed by atoms with E-state index >= 15 is 0 Å². The number of carbonyl (C=O) groups is 1. The van der Waals surface area contributed by atoms with Gasteiger partial charge in [0.25, 0.3) is 5.91 Å². The minimum atomic E-state index is -0.352. The van der Waals surface area contributed by atoms with Gasteiger partial charge in [0.1, 0.15) is 12.1 Å². The van der Waals surface area contributed by atoms with Gasteiger partial charge in [-0.2, -0.15) is 5.26 Å². The molecule has 4 heteroatoms. The summed E-state index contributed by atoms with van der Waals surface area (Å²) in [5.41, 5.74) is 1.48. The zero-order chi connectivity index (χ0) is 11.5. The number of fused-ring (bicyclic) bond motifs is 1. The molecule has 16 heavy (non-hydrogen) atoms. The van der Waals surface area contributed by atoms with Gasteiger partial charge in [-0.1, -0.05) is 18.2 Å². The van der Waals surface area contributed by atoms with Gasteiger partial charge in [0.2, 0.25) is 0 Å². The lowest BCUT2D eigenvalue weighted by Gasteiger charge is -1.97. The van der Waals surface area contributed by atoms with E-state index in [9.17, 15) is 4.79 Å². The molecule has 0 aliphatic carbocycles. The van der Waals surface area contributed by atoms with Gasteiger partial charge in [0.15, 0.2) is 5.76 Å². The van der Waals surface area contributed by atoms with E-state index in [1.165, 1.54) is 0 Å². The van der Waals surface area contributed by atoms with Crippen LogP contribution < -0.4 is 5.32 Å². The van der Waals surface area contributed by atoms with Crippen LogP contribution in [0.3, 0.4) is 0 Å². The van der Waals surface area contributed by atoms with Gasteiger partial charge in [-0.25, -0.2) is 0 Å². The average Bonchev–Trinajstić information content (AvgIpc) is 2.64. The molecule has 1 heterocycles. The monoisotopic (exact) mass is 214 g/mol. The summed E-state index contributed by atoms with van der Waals surface area (Å²) in [5, 5.41) is 11.8. The van der Waals surface area contributed by atoms with Crippen molar-refractivity contribution in [3.8, 4) is 6.07 Å². The highest BCUT2D eigenvalue weighted by Crippen LogP contribution is 2.24. The summed E-state index contributed by atoms with van der Waals surface area (Å²) in [6.45, 7) is 1.81. The van der Waals surface area contributed by atoms with Crippen LogP contribution in [0.25, 0.3) is 11.0 Å². The zero-order valence-corrected chi connectivity index (χ0v) is 8.78. The average molecular weight is 214 g/mol. The molecule has 0 saturated carbocycles. The molecule has 0 fully saturated rings. The van der Waals surface area contributed by atoms with Crippen LogP contribution in [0, 0.1) is 18.3 Å². The molecule has 1 N–H and O–H groups in total. The van der Waals surface area contributed by atoms with E-state index in [1.807, 2.05) is 37.3 Å². The van der Waals surface area contributed by atoms with Gasteiger partial charge in [-0.15, -0.1) is 0 Å². The quantitative estimate of drug-likeness (QED) is 0.777. The standard InChI is InChI=1S/C12H10N2O2/c1-8-9-4-2-3-5-10(9)16-11(8)12(15)14-7-6-13/h2-5H,7H2,1H3,(H,14,15). The van der Waals surface area contributed by atoms with E-state index in [1.54, 1.807) is 0 Å². The molecule has 1 amide bonds. The minimum Gasteiger partial charge on any atom is -0.451 e. The molecule has 0 bridgehead atoms. The molecule has 0 spiro atoms. The van der Waals surface area contributed by atoms with E-state index in [2.05, 4.69) is 5.32 Å². The molecule has 1 aromatic carbocycles. The summed E-state index contributed by atoms with van der Waals surface area (Å²) in [4.78, 5) is 11.6. The molecule has 0 saturated heterocycles. The Morgan fingerprint density at radius 1 is 1.50 bits per heavy atom. The van der Waals surface area contributed by atoms with Crippen molar-refractivity contribution in [2.24, 2.45) is 0 Å². The normalized spacial score (nSPS) is 10.0. The Kier molecular flexibility index (Phi) is 2.61. The second-order valence-electron chi connectivity index (χ2n) is 3.39. The maximum absolute atomic E-state index is 11.6. The van der Waals surface area contributed by atoms with E-state index in [-0.39, 0.29) is 18.2 Å². The molecule has 0 unspecified atom stereocenters. The number of furan rings is 1. The number of benzene rings is 1. The molecule has 4 nitrogen and oxygen atoms in total. The van der Waals surface area contributed by atoms with Crippen molar-refractivity contribution >= 4 is 16.9 Å². The Hall–Kier alpha value is -2.28. The van der Waals surface area contributed by atoms with Crippen molar-refractivity contribution in [3.05, 3.63) is 35.6 Å². The van der Waals surface area contributed by atoms with Crippen LogP contribution in [0.15, 0.2) is 28.7 Å². The van der Waals surface area contributed by atoms with Gasteiger partial charge in [-0.3, -0.25) is 4.79 Å². The van der Waals surface area contributed by atoms with Crippen LogP contribution in [-0.4, -0.2) is 12.5 Å². The first-order valence-electron chi connectivity index (χ1n) is 4.87. The number of nitrogens with zero attached hydrogens (tertiary/aromatic N) is 1. The summed E-state index contributed by atoms with van der Waals surface area (Å²) in [6.07, 6.45) is 0. The van der Waals surface area contributed by atoms with Crippen molar-refractivity contribution in [1.29, 1.82) is 5.26 Å². The third-order valence-electron chi connectivity index (χ3n) is 2.38. The first-order chi connectivity index (χ1) is 7.74. The lowest BCUT2D eigenvalue weighted by atomic mass is 10.1. The summed E-state index contributed by atoms with van der Waals surface area (Å²) < 4.78 is 5.44. The maximum Gasteiger partial charge on any atom is 0.288 e. The Balaban J connectivity index is 2.42. The number of carbonyl (C=O) groups excluding carboxylic acids is 1. The largest absolute Gasteiger partial charge is 0.451 e. The Bertz CT molecular complexity index is 578. The fourth-order valence-electron chi connectivity index (χ4n) is 1.59. The van der Waals surface area contributed by atoms with Crippen LogP contribution in [0.2, 0.25) is 0 Å². The lowest BCUT2D eigenvalue weighted by Crippen LogP contribution is -2.23. The highest BCUT2D eigenvalue weighted by Gasteiger charge is 2.16. The number of aryl methyl sites for hydroxylation is 1. The number of nitrogens with one attached hydrogen (secondary N) is 1. The third kappa shape index (κ3) is 1.63. The van der Waals surface area contributed by atoms with Crippen molar-refractivity contribution in [1.82, 2.24) is 5.32 Å². The summed E-state index contributed by atoms with van der Waals surface area (Å²) in [7, 11) is 0. The van der Waals surface area contributed by atoms with E-state index < -0.39 is 0 Å². The smallest absolute Gasteiger partial charge is 0.288 e. The first kappa shape index (κ1) is 10.2. The molecule has 2 aromatic rings. The number of para-hydroxylation sites is 1. The maximum atomic E-state index is 11.6. The Morgan fingerprint density at radius 2 is 2.25 bits per heavy atom. The molecular formula is C12H10N2O2. The molecule has 2 rings (SSSR count). The van der Waals surface area contributed by atoms with Gasteiger partial charge in [-0.05, 0) is 13.0 Å². The fraction of sp³-hybridized carbons (Fsp3) is 0.167. The van der Waals surface area contributed by atoms with Gasteiger partial charge in [0, 0.05) is 10.9 Å². The van der Waals surface area contributed by atoms with E-state index in [0.717, 1.165) is 10.9 Å². The van der Waals surface area contributed by atoms with E-state index in [0.29, 0.717) is 5.58 Å². The van der Waals surface area contributed by atoms with Gasteiger partial charge in [0.05, 0.1) is 6.07 Å². The number of hydrogen-bond acceptors (Lipinski definition) is 3. The summed E-state index contributed by atoms with van der Waals surface area (Å²) in [6, 6.07) is 9.30. The summed E-state index contributed by atoms with van der Waals surface area (Å²) in [5.74, 6) is -0.0771. The predicted octanol–water partition coefficient (Wildman–Crippen LogP) is 1.99. The highest BCUT2D eigenvalue weighted by molar-refractivity contribution is 5.98. The van der Waals surface area contributed by atoms with Crippen molar-refractivity contribution in [2.75, 3.05) is 6.54 Å². The fourth-order valence-corrected chi connectivity index (χ4v) is 1.59. The Labute approximate surface area is 92.5 Å². The zero-order valence-electron chi connectivity index (χ0n) is 8.78. The van der Waals surface area contributed by atoms with Crippen LogP contribution in [-0.2, 0) is 0 Å². The second-order valence-corrected chi connectivity index (χ2v) is 3.39. The first-order valence-corrected chi connectivity index (χ1v) is 4.87. The summed E-state index contributed by atoms with van der Waals surface area (Å²) >= 11 is 0. The molecule has 1 aromatic heterocycles. The van der Waals surface area contributed by atoms with Crippen LogP contribution in [0.1, 0.15) is 16.1 Å². The number of amides is 1. The molecule has 0 radical (unpaired) electrons. The highest BCUT2D eigenvalue weighted by atomic mass is 16.3. The minimum absolute atomic E-state index is 0.0185. The molecule has 0 aliphatic rings. The topological polar surface area (TPSA) is 66.0 Å². The van der Waals surface area contributed by atoms with Crippen molar-refractivity contribution in [3.63, 3.8) is 0 Å². The second kappa shape index (κ2) is 4.07. The predicted molar refractivity (Wildman–Crippen MR) is 58.9 cm³/mol. The van der Waals surface area contributed by atoms with Gasteiger partial charge < -0.3 is 9.73 Å². The van der Waals surface area contributed by atoms with Crippen LogP contribution in [0.5, 0.6) is 0 Å². The van der Waals surface area contributed by atoms with Crippen molar-refractivity contribution < 1.29 is 9.21 Å². The number of rotatable bonds is 2. The molecular weight excluding hydrogens is 204 g/mol. The van der Waals surface area contributed by atoms with E-state index in [4.69, 9.17) is 9.68 Å². The van der Waals surface area contributed by atoms with Crippen molar-refractivity contribution in [2.45, 2.75) is 6.92 Å². The van der Waals surface area contributed by atoms with Gasteiger partial charge >= 0.3 is 0 Å². The molecule has 0 atom stereocenters. The third-order valence-corrected chi connectivity index (χ3v) is 2.38. The number of hydrogen-bond donors (Lipinski definition) is 1. The number of nitriles is 1. The Morgan fingerprint density at radius 3 is 2.94 bits per heavy atom. The lowest BCUT2D eigenvalue weighted by molar-refractivity contribution is 0.0932. The van der Waals surface area contributed by atoms with Crippen LogP contribution in [0.4, 0.5) is 0 Å². The molecule has 80 valence electrons. The SMILES string of the molecule is Cc1c(C(=O)NCC#N)oc2ccccc12. The molecule has 0 aliphatic heterocycles.